The molecule has 1 amide bonds. The zero-order valence-electron chi connectivity index (χ0n) is 10.1. The van der Waals surface area contributed by atoms with Gasteiger partial charge in [-0.2, -0.15) is 10.4 Å². The first-order valence-electron chi connectivity index (χ1n) is 5.48. The SMILES string of the molecule is CCc1ccc(C(=O)Nc2nn(C)cc2C#N)s1. The van der Waals surface area contributed by atoms with Crippen molar-refractivity contribution < 1.29 is 4.79 Å². The Balaban J connectivity index is 2.18. The quantitative estimate of drug-likeness (QED) is 0.919. The number of carbonyl (C=O) groups is 1. The molecular formula is C12H12N4OS. The summed E-state index contributed by atoms with van der Waals surface area (Å²) in [6.07, 6.45) is 2.48. The van der Waals surface area contributed by atoms with Crippen LogP contribution in [-0.2, 0) is 13.5 Å². The van der Waals surface area contributed by atoms with Gasteiger partial charge in [-0.25, -0.2) is 0 Å². The topological polar surface area (TPSA) is 70.7 Å². The number of nitrogens with one attached hydrogen (secondary N) is 1. The largest absolute Gasteiger partial charge is 0.303 e. The lowest BCUT2D eigenvalue weighted by atomic mass is 10.3. The van der Waals surface area contributed by atoms with E-state index in [1.54, 1.807) is 19.3 Å². The first-order valence-corrected chi connectivity index (χ1v) is 6.29. The number of rotatable bonds is 3. The van der Waals surface area contributed by atoms with E-state index in [4.69, 9.17) is 5.26 Å². The molecule has 0 aliphatic rings. The van der Waals surface area contributed by atoms with Crippen LogP contribution in [0.25, 0.3) is 0 Å². The minimum Gasteiger partial charge on any atom is -0.303 e. The molecule has 0 aromatic carbocycles. The number of carbonyl (C=O) groups excluding carboxylic acids is 1. The van der Waals surface area contributed by atoms with Gasteiger partial charge in [0, 0.05) is 18.1 Å². The van der Waals surface area contributed by atoms with Crippen molar-refractivity contribution in [2.45, 2.75) is 13.3 Å². The van der Waals surface area contributed by atoms with Crippen LogP contribution in [0.4, 0.5) is 5.82 Å². The highest BCUT2D eigenvalue weighted by molar-refractivity contribution is 7.14. The van der Waals surface area contributed by atoms with Gasteiger partial charge in [0.05, 0.1) is 4.88 Å². The number of aryl methyl sites for hydroxylation is 2. The number of hydrogen-bond donors (Lipinski definition) is 1. The molecule has 0 spiro atoms. The summed E-state index contributed by atoms with van der Waals surface area (Å²) in [5.74, 6) is 0.0753. The maximum Gasteiger partial charge on any atom is 0.266 e. The normalized spacial score (nSPS) is 10.1. The molecule has 0 aliphatic heterocycles. The number of nitrogens with zero attached hydrogens (tertiary/aromatic N) is 3. The summed E-state index contributed by atoms with van der Waals surface area (Å²) >= 11 is 1.45. The van der Waals surface area contributed by atoms with Crippen molar-refractivity contribution in [1.82, 2.24) is 9.78 Å². The molecule has 2 aromatic heterocycles. The maximum atomic E-state index is 12.0. The number of thiophene rings is 1. The van der Waals surface area contributed by atoms with E-state index in [9.17, 15) is 4.79 Å². The minimum absolute atomic E-state index is 0.227. The van der Waals surface area contributed by atoms with Crippen molar-refractivity contribution >= 4 is 23.1 Å². The van der Waals surface area contributed by atoms with Crippen molar-refractivity contribution in [3.05, 3.63) is 33.6 Å². The summed E-state index contributed by atoms with van der Waals surface area (Å²) in [6.45, 7) is 2.04. The number of hydrogen-bond acceptors (Lipinski definition) is 4. The highest BCUT2D eigenvalue weighted by Gasteiger charge is 2.13. The molecule has 0 bridgehead atoms. The fourth-order valence-corrected chi connectivity index (χ4v) is 2.36. The van der Waals surface area contributed by atoms with E-state index in [-0.39, 0.29) is 5.91 Å². The highest BCUT2D eigenvalue weighted by Crippen LogP contribution is 2.19. The Morgan fingerprint density at radius 1 is 1.61 bits per heavy atom. The van der Waals surface area contributed by atoms with Crippen LogP contribution in [0.1, 0.15) is 27.0 Å². The van der Waals surface area contributed by atoms with Crippen molar-refractivity contribution in [2.24, 2.45) is 7.05 Å². The third-order valence-electron chi connectivity index (χ3n) is 2.42. The first kappa shape index (κ1) is 12.3. The number of aromatic nitrogens is 2. The molecule has 0 unspecified atom stereocenters. The predicted octanol–water partition coefficient (Wildman–Crippen LogP) is 2.17. The number of amides is 1. The summed E-state index contributed by atoms with van der Waals surface area (Å²) in [5, 5.41) is 15.6. The van der Waals surface area contributed by atoms with E-state index in [1.807, 2.05) is 19.1 Å². The average molecular weight is 260 g/mol. The third-order valence-corrected chi connectivity index (χ3v) is 3.64. The van der Waals surface area contributed by atoms with Crippen molar-refractivity contribution in [3.63, 3.8) is 0 Å². The van der Waals surface area contributed by atoms with Crippen LogP contribution in [0, 0.1) is 11.3 Å². The summed E-state index contributed by atoms with van der Waals surface area (Å²) < 4.78 is 1.50. The fourth-order valence-electron chi connectivity index (χ4n) is 1.52. The minimum atomic E-state index is -0.227. The summed E-state index contributed by atoms with van der Waals surface area (Å²) in [7, 11) is 1.71. The molecule has 1 N–H and O–H groups in total. The van der Waals surface area contributed by atoms with Crippen LogP contribution in [0.5, 0.6) is 0 Å². The Morgan fingerprint density at radius 3 is 3.00 bits per heavy atom. The molecule has 0 atom stereocenters. The van der Waals surface area contributed by atoms with Gasteiger partial charge >= 0.3 is 0 Å². The maximum absolute atomic E-state index is 12.0. The Labute approximate surface area is 109 Å². The first-order chi connectivity index (χ1) is 8.63. The molecule has 6 heteroatoms. The van der Waals surface area contributed by atoms with Gasteiger partial charge in [-0.05, 0) is 18.6 Å². The summed E-state index contributed by atoms with van der Waals surface area (Å²) in [5.41, 5.74) is 0.359. The van der Waals surface area contributed by atoms with E-state index in [0.29, 0.717) is 16.3 Å². The molecule has 0 radical (unpaired) electrons. The van der Waals surface area contributed by atoms with Gasteiger partial charge < -0.3 is 5.32 Å². The number of anilines is 1. The Morgan fingerprint density at radius 2 is 2.39 bits per heavy atom. The second-order valence-electron chi connectivity index (χ2n) is 3.75. The zero-order chi connectivity index (χ0) is 13.1. The second kappa shape index (κ2) is 5.02. The lowest BCUT2D eigenvalue weighted by molar-refractivity contribution is 0.103. The van der Waals surface area contributed by atoms with Crippen LogP contribution in [0.3, 0.4) is 0 Å². The van der Waals surface area contributed by atoms with E-state index in [1.165, 1.54) is 16.0 Å². The average Bonchev–Trinajstić information content (AvgIpc) is 2.95. The van der Waals surface area contributed by atoms with Crippen LogP contribution < -0.4 is 5.32 Å². The van der Waals surface area contributed by atoms with Gasteiger partial charge in [0.15, 0.2) is 5.82 Å². The van der Waals surface area contributed by atoms with Gasteiger partial charge in [-0.15, -0.1) is 11.3 Å². The Bertz CT molecular complexity index is 620. The van der Waals surface area contributed by atoms with Gasteiger partial charge in [0.2, 0.25) is 0 Å². The molecule has 2 aromatic rings. The van der Waals surface area contributed by atoms with Crippen LogP contribution in [0.15, 0.2) is 18.3 Å². The van der Waals surface area contributed by atoms with Crippen LogP contribution in [-0.4, -0.2) is 15.7 Å². The molecule has 0 saturated carbocycles. The van der Waals surface area contributed by atoms with E-state index >= 15 is 0 Å². The molecule has 92 valence electrons. The molecule has 2 heterocycles. The van der Waals surface area contributed by atoms with Crippen LogP contribution >= 0.6 is 11.3 Å². The Kier molecular flexibility index (Phi) is 3.44. The molecule has 5 nitrogen and oxygen atoms in total. The molecule has 18 heavy (non-hydrogen) atoms. The zero-order valence-corrected chi connectivity index (χ0v) is 10.9. The smallest absolute Gasteiger partial charge is 0.266 e. The van der Waals surface area contributed by atoms with E-state index in [2.05, 4.69) is 10.4 Å². The fraction of sp³-hybridized carbons (Fsp3) is 0.250. The highest BCUT2D eigenvalue weighted by atomic mass is 32.1. The molecule has 0 aliphatic carbocycles. The standard InChI is InChI=1S/C12H12N4OS/c1-3-9-4-5-10(18-9)12(17)14-11-8(6-13)7-16(2)15-11/h4-5,7H,3H2,1-2H3,(H,14,15,17). The lowest BCUT2D eigenvalue weighted by Gasteiger charge is -1.99. The molecule has 0 saturated heterocycles. The van der Waals surface area contributed by atoms with Crippen molar-refractivity contribution in [1.29, 1.82) is 5.26 Å². The lowest BCUT2D eigenvalue weighted by Crippen LogP contribution is -2.11. The van der Waals surface area contributed by atoms with Gasteiger partial charge in [-0.3, -0.25) is 9.48 Å². The third kappa shape index (κ3) is 2.41. The van der Waals surface area contributed by atoms with Gasteiger partial charge in [0.1, 0.15) is 11.6 Å². The Hall–Kier alpha value is -2.13. The van der Waals surface area contributed by atoms with E-state index < -0.39 is 0 Å². The van der Waals surface area contributed by atoms with Crippen molar-refractivity contribution in [2.75, 3.05) is 5.32 Å². The monoisotopic (exact) mass is 260 g/mol. The van der Waals surface area contributed by atoms with E-state index in [0.717, 1.165) is 11.3 Å². The molecular weight excluding hydrogens is 248 g/mol. The molecule has 0 fully saturated rings. The van der Waals surface area contributed by atoms with Crippen molar-refractivity contribution in [3.8, 4) is 6.07 Å². The van der Waals surface area contributed by atoms with Gasteiger partial charge in [0.25, 0.3) is 5.91 Å². The second-order valence-corrected chi connectivity index (χ2v) is 4.92. The van der Waals surface area contributed by atoms with Crippen LogP contribution in [0.2, 0.25) is 0 Å². The summed E-state index contributed by atoms with van der Waals surface area (Å²) in [4.78, 5) is 13.7. The number of nitriles is 1. The van der Waals surface area contributed by atoms with Gasteiger partial charge in [-0.1, -0.05) is 6.92 Å². The molecule has 2 rings (SSSR count). The summed E-state index contributed by atoms with van der Waals surface area (Å²) in [6, 6.07) is 5.71. The predicted molar refractivity (Wildman–Crippen MR) is 69.6 cm³/mol.